The Morgan fingerprint density at radius 2 is 1.53 bits per heavy atom. The van der Waals surface area contributed by atoms with Crippen LogP contribution in [0.25, 0.3) is 11.1 Å². The van der Waals surface area contributed by atoms with Gasteiger partial charge in [-0.1, -0.05) is 48.5 Å². The van der Waals surface area contributed by atoms with Crippen molar-refractivity contribution < 1.29 is 40.3 Å². The number of sulfone groups is 1. The third-order valence-corrected chi connectivity index (χ3v) is 8.54. The van der Waals surface area contributed by atoms with E-state index in [1.165, 1.54) is 72.8 Å². The number of para-hydroxylation sites is 1. The molecule has 1 fully saturated rings. The lowest BCUT2D eigenvalue weighted by Crippen LogP contribution is -2.50. The maximum atomic E-state index is 15.2. The molecule has 0 heterocycles. The van der Waals surface area contributed by atoms with Gasteiger partial charge in [0.2, 0.25) is 0 Å². The Labute approximate surface area is 245 Å². The fourth-order valence-corrected chi connectivity index (χ4v) is 5.36. The molecule has 1 aliphatic rings. The van der Waals surface area contributed by atoms with Crippen molar-refractivity contribution in [1.29, 1.82) is 5.26 Å². The standard InChI is InChI=1S/C30H28F5N3O4S/c1-43(41,42)23-12-10-20(11-13-23)19-6-8-21(9-7-19)26(30(33,34)35)38-22(16-29(31,32)28(18-36)14-15-28)17-37-27(40)24-4-2-3-5-25(24)39/h2-13,22,26,38-39H,14-17H2,1H3,(H,37,40)/t22?,26-/m0/s1. The van der Waals surface area contributed by atoms with Crippen LogP contribution in [0.1, 0.15) is 41.2 Å². The predicted molar refractivity (Wildman–Crippen MR) is 148 cm³/mol. The summed E-state index contributed by atoms with van der Waals surface area (Å²) in [5.74, 6) is -4.91. The zero-order valence-corrected chi connectivity index (χ0v) is 23.6. The average Bonchev–Trinajstić information content (AvgIpc) is 3.76. The Balaban J connectivity index is 1.59. The van der Waals surface area contributed by atoms with Gasteiger partial charge in [-0.2, -0.15) is 18.4 Å². The zero-order valence-electron chi connectivity index (χ0n) is 22.8. The number of hydrogen-bond acceptors (Lipinski definition) is 6. The second-order valence-corrected chi connectivity index (χ2v) is 12.6. The number of nitrogens with zero attached hydrogens (tertiary/aromatic N) is 1. The van der Waals surface area contributed by atoms with Crippen molar-refractivity contribution in [3.05, 3.63) is 83.9 Å². The number of halogens is 5. The number of carbonyl (C=O) groups is 1. The molecule has 0 bridgehead atoms. The summed E-state index contributed by atoms with van der Waals surface area (Å²) in [6.45, 7) is -0.651. The normalized spacial score (nSPS) is 16.1. The fraction of sp³-hybridized carbons (Fsp3) is 0.333. The van der Waals surface area contributed by atoms with E-state index in [2.05, 4.69) is 10.6 Å². The number of nitriles is 1. The molecule has 1 unspecified atom stereocenters. The van der Waals surface area contributed by atoms with Gasteiger partial charge in [-0.25, -0.2) is 17.2 Å². The topological polar surface area (TPSA) is 119 Å². The summed E-state index contributed by atoms with van der Waals surface area (Å²) in [5.41, 5.74) is -1.41. The molecule has 43 heavy (non-hydrogen) atoms. The van der Waals surface area contributed by atoms with Crippen molar-refractivity contribution in [2.75, 3.05) is 12.8 Å². The first-order chi connectivity index (χ1) is 20.1. The Morgan fingerprint density at radius 1 is 0.977 bits per heavy atom. The molecule has 0 saturated heterocycles. The highest BCUT2D eigenvalue weighted by atomic mass is 32.2. The van der Waals surface area contributed by atoms with E-state index in [1.807, 2.05) is 0 Å². The van der Waals surface area contributed by atoms with Crippen LogP contribution in [0.3, 0.4) is 0 Å². The molecule has 2 atom stereocenters. The highest BCUT2D eigenvalue weighted by Crippen LogP contribution is 2.58. The molecule has 3 N–H and O–H groups in total. The third-order valence-electron chi connectivity index (χ3n) is 7.41. The first-order valence-corrected chi connectivity index (χ1v) is 15.0. The number of rotatable bonds is 11. The van der Waals surface area contributed by atoms with Gasteiger partial charge in [-0.15, -0.1) is 0 Å². The number of benzene rings is 3. The van der Waals surface area contributed by atoms with Crippen molar-refractivity contribution in [2.45, 2.75) is 48.3 Å². The monoisotopic (exact) mass is 621 g/mol. The molecule has 0 aromatic heterocycles. The average molecular weight is 622 g/mol. The van der Waals surface area contributed by atoms with E-state index in [1.54, 1.807) is 6.07 Å². The predicted octanol–water partition coefficient (Wildman–Crippen LogP) is 5.78. The number of phenolic OH excluding ortho intramolecular Hbond substituents is 1. The largest absolute Gasteiger partial charge is 0.507 e. The SMILES string of the molecule is CS(=O)(=O)c1ccc(-c2ccc([C@H](NC(CNC(=O)c3ccccc3O)CC(F)(F)C3(C#N)CC3)C(F)(F)F)cc2)cc1. The van der Waals surface area contributed by atoms with Gasteiger partial charge in [0, 0.05) is 25.3 Å². The molecule has 0 aliphatic heterocycles. The molecule has 0 radical (unpaired) electrons. The van der Waals surface area contributed by atoms with E-state index in [0.717, 1.165) is 6.26 Å². The number of nitrogens with one attached hydrogen (secondary N) is 2. The molecule has 0 spiro atoms. The minimum absolute atomic E-state index is 0.0796. The molecule has 3 aromatic rings. The number of aromatic hydroxyl groups is 1. The molecular weight excluding hydrogens is 593 g/mol. The molecule has 1 saturated carbocycles. The maximum absolute atomic E-state index is 15.2. The molecule has 1 aliphatic carbocycles. The summed E-state index contributed by atoms with van der Waals surface area (Å²) in [4.78, 5) is 12.7. The van der Waals surface area contributed by atoms with Gasteiger partial charge in [0.05, 0.1) is 16.5 Å². The minimum atomic E-state index is -4.93. The maximum Gasteiger partial charge on any atom is 0.407 e. The number of alkyl halides is 5. The number of carbonyl (C=O) groups excluding carboxylic acids is 1. The second kappa shape index (κ2) is 11.9. The molecule has 3 aromatic carbocycles. The van der Waals surface area contributed by atoms with Gasteiger partial charge < -0.3 is 10.4 Å². The first kappa shape index (κ1) is 31.9. The summed E-state index contributed by atoms with van der Waals surface area (Å²) in [6.07, 6.45) is -5.23. The van der Waals surface area contributed by atoms with Crippen molar-refractivity contribution >= 4 is 15.7 Å². The van der Waals surface area contributed by atoms with Crippen LogP contribution in [0.4, 0.5) is 22.0 Å². The quantitative estimate of drug-likeness (QED) is 0.234. The zero-order chi connectivity index (χ0) is 31.6. The van der Waals surface area contributed by atoms with E-state index >= 15 is 8.78 Å². The van der Waals surface area contributed by atoms with Gasteiger partial charge in [0.15, 0.2) is 9.84 Å². The summed E-state index contributed by atoms with van der Waals surface area (Å²) in [7, 11) is -3.44. The van der Waals surface area contributed by atoms with Crippen molar-refractivity contribution in [2.24, 2.45) is 5.41 Å². The molecule has 13 heteroatoms. The van der Waals surface area contributed by atoms with Crippen molar-refractivity contribution in [3.63, 3.8) is 0 Å². The lowest BCUT2D eigenvalue weighted by molar-refractivity contribution is -0.162. The van der Waals surface area contributed by atoms with Crippen molar-refractivity contribution in [3.8, 4) is 22.9 Å². The summed E-state index contributed by atoms with van der Waals surface area (Å²) < 4.78 is 96.8. The molecule has 4 rings (SSSR count). The van der Waals surface area contributed by atoms with Crippen LogP contribution < -0.4 is 10.6 Å². The first-order valence-electron chi connectivity index (χ1n) is 13.1. The van der Waals surface area contributed by atoms with Crippen LogP contribution in [0, 0.1) is 16.7 Å². The van der Waals surface area contributed by atoms with Gasteiger partial charge >= 0.3 is 6.18 Å². The van der Waals surface area contributed by atoms with Crippen LogP contribution >= 0.6 is 0 Å². The van der Waals surface area contributed by atoms with Gasteiger partial charge in [0.1, 0.15) is 17.2 Å². The Kier molecular flexibility index (Phi) is 8.85. The van der Waals surface area contributed by atoms with Crippen LogP contribution in [-0.4, -0.2) is 50.4 Å². The van der Waals surface area contributed by atoms with E-state index in [-0.39, 0.29) is 28.9 Å². The van der Waals surface area contributed by atoms with Gasteiger partial charge in [-0.05, 0) is 53.8 Å². The Bertz CT molecular complexity index is 1620. The second-order valence-electron chi connectivity index (χ2n) is 10.6. The van der Waals surface area contributed by atoms with E-state index in [4.69, 9.17) is 0 Å². The van der Waals surface area contributed by atoms with E-state index in [0.29, 0.717) is 11.1 Å². The molecule has 7 nitrogen and oxygen atoms in total. The highest BCUT2D eigenvalue weighted by Gasteiger charge is 2.63. The van der Waals surface area contributed by atoms with Crippen LogP contribution in [-0.2, 0) is 9.84 Å². The summed E-state index contributed by atoms with van der Waals surface area (Å²) in [5, 5.41) is 23.8. The smallest absolute Gasteiger partial charge is 0.407 e. The lowest BCUT2D eigenvalue weighted by atomic mass is 9.92. The summed E-state index contributed by atoms with van der Waals surface area (Å²) in [6, 6.07) is 13.9. The van der Waals surface area contributed by atoms with Crippen molar-refractivity contribution in [1.82, 2.24) is 10.6 Å². The Hall–Kier alpha value is -4.02. The summed E-state index contributed by atoms with van der Waals surface area (Å²) >= 11 is 0. The number of hydrogen-bond donors (Lipinski definition) is 3. The number of amides is 1. The molecule has 228 valence electrons. The third kappa shape index (κ3) is 7.32. The lowest BCUT2D eigenvalue weighted by Gasteiger charge is -2.32. The fourth-order valence-electron chi connectivity index (χ4n) is 4.73. The molecular formula is C30H28F5N3O4S. The highest BCUT2D eigenvalue weighted by molar-refractivity contribution is 7.90. The van der Waals surface area contributed by atoms with Gasteiger partial charge in [0.25, 0.3) is 11.8 Å². The van der Waals surface area contributed by atoms with Crippen LogP contribution in [0.2, 0.25) is 0 Å². The van der Waals surface area contributed by atoms with Gasteiger partial charge in [-0.3, -0.25) is 10.1 Å². The minimum Gasteiger partial charge on any atom is -0.507 e. The molecule has 1 amide bonds. The Morgan fingerprint density at radius 3 is 2.02 bits per heavy atom. The van der Waals surface area contributed by atoms with E-state index < -0.39 is 64.1 Å². The van der Waals surface area contributed by atoms with Crippen LogP contribution in [0.15, 0.2) is 77.7 Å². The van der Waals surface area contributed by atoms with Crippen LogP contribution in [0.5, 0.6) is 5.75 Å². The number of phenols is 1. The van der Waals surface area contributed by atoms with E-state index in [9.17, 15) is 36.8 Å².